The lowest BCUT2D eigenvalue weighted by molar-refractivity contribution is -0.139. The highest BCUT2D eigenvalue weighted by molar-refractivity contribution is 6.04. The number of aromatic amines is 1. The summed E-state index contributed by atoms with van der Waals surface area (Å²) in [5.74, 6) is -0.0194. The number of para-hydroxylation sites is 1. The Morgan fingerprint density at radius 2 is 1.97 bits per heavy atom. The molecule has 0 aliphatic carbocycles. The van der Waals surface area contributed by atoms with Crippen molar-refractivity contribution in [2.24, 2.45) is 5.73 Å². The number of nitrogens with one attached hydrogen (secondary N) is 2. The quantitative estimate of drug-likeness (QED) is 0.478. The summed E-state index contributed by atoms with van der Waals surface area (Å²) >= 11 is 0. The standard InChI is InChI=1S/C19H17F3N6O/c20-19(21,22)17-15-16(11-4-1-2-5-12(11)26-17)28(9-8-25-14(29)10-23)18(27-15)13-6-3-7-24-13/h1-7,24H,8-10,23H2,(H,25,29). The van der Waals surface area contributed by atoms with Crippen LogP contribution in [0.2, 0.25) is 0 Å². The Morgan fingerprint density at radius 1 is 1.17 bits per heavy atom. The monoisotopic (exact) mass is 402 g/mol. The van der Waals surface area contributed by atoms with E-state index in [1.165, 1.54) is 6.07 Å². The number of alkyl halides is 3. The maximum absolute atomic E-state index is 13.7. The minimum Gasteiger partial charge on any atom is -0.359 e. The van der Waals surface area contributed by atoms with Crippen LogP contribution in [-0.4, -0.2) is 38.5 Å². The van der Waals surface area contributed by atoms with Crippen molar-refractivity contribution in [3.8, 4) is 11.5 Å². The second-order valence-corrected chi connectivity index (χ2v) is 6.40. The van der Waals surface area contributed by atoms with Gasteiger partial charge in [0.2, 0.25) is 5.91 Å². The molecule has 1 aromatic carbocycles. The van der Waals surface area contributed by atoms with Crippen LogP contribution in [0.4, 0.5) is 13.2 Å². The molecule has 0 aliphatic heterocycles. The lowest BCUT2D eigenvalue weighted by Crippen LogP contribution is -2.32. The predicted octanol–water partition coefficient (Wildman–Crippen LogP) is 2.67. The average molecular weight is 402 g/mol. The van der Waals surface area contributed by atoms with Crippen LogP contribution in [0.3, 0.4) is 0 Å². The van der Waals surface area contributed by atoms with Gasteiger partial charge in [0.05, 0.1) is 23.3 Å². The fraction of sp³-hybridized carbons (Fsp3) is 0.211. The van der Waals surface area contributed by atoms with Gasteiger partial charge in [-0.25, -0.2) is 9.97 Å². The van der Waals surface area contributed by atoms with Crippen molar-refractivity contribution in [2.45, 2.75) is 12.7 Å². The topological polar surface area (TPSA) is 102 Å². The largest absolute Gasteiger partial charge is 0.435 e. The molecule has 4 N–H and O–H groups in total. The Morgan fingerprint density at radius 3 is 2.66 bits per heavy atom. The molecular weight excluding hydrogens is 385 g/mol. The van der Waals surface area contributed by atoms with Gasteiger partial charge >= 0.3 is 6.18 Å². The van der Waals surface area contributed by atoms with Crippen molar-refractivity contribution in [3.05, 3.63) is 48.3 Å². The summed E-state index contributed by atoms with van der Waals surface area (Å²) in [7, 11) is 0. The summed E-state index contributed by atoms with van der Waals surface area (Å²) in [4.78, 5) is 22.6. The molecule has 0 atom stereocenters. The third kappa shape index (κ3) is 3.42. The van der Waals surface area contributed by atoms with E-state index in [9.17, 15) is 18.0 Å². The molecule has 4 aromatic rings. The summed E-state index contributed by atoms with van der Waals surface area (Å²) < 4.78 is 42.9. The number of carbonyl (C=O) groups excluding carboxylic acids is 1. The molecule has 1 amide bonds. The molecule has 3 aromatic heterocycles. The van der Waals surface area contributed by atoms with Gasteiger partial charge in [0.15, 0.2) is 11.5 Å². The number of aromatic nitrogens is 4. The average Bonchev–Trinajstić information content (AvgIpc) is 3.34. The minimum atomic E-state index is -4.66. The van der Waals surface area contributed by atoms with Crippen molar-refractivity contribution in [3.63, 3.8) is 0 Å². The van der Waals surface area contributed by atoms with Gasteiger partial charge in [-0.05, 0) is 18.2 Å². The van der Waals surface area contributed by atoms with Crippen molar-refractivity contribution >= 4 is 27.8 Å². The van der Waals surface area contributed by atoms with E-state index in [1.807, 2.05) is 0 Å². The molecule has 0 radical (unpaired) electrons. The van der Waals surface area contributed by atoms with E-state index in [0.29, 0.717) is 22.4 Å². The number of benzene rings is 1. The molecule has 0 bridgehead atoms. The summed E-state index contributed by atoms with van der Waals surface area (Å²) in [6, 6.07) is 10.1. The lowest BCUT2D eigenvalue weighted by atomic mass is 10.1. The molecule has 150 valence electrons. The molecule has 4 rings (SSSR count). The van der Waals surface area contributed by atoms with Gasteiger partial charge in [-0.3, -0.25) is 4.79 Å². The summed E-state index contributed by atoms with van der Waals surface area (Å²) in [6.07, 6.45) is -3.00. The van der Waals surface area contributed by atoms with Crippen LogP contribution in [0, 0.1) is 0 Å². The lowest BCUT2D eigenvalue weighted by Gasteiger charge is -2.12. The van der Waals surface area contributed by atoms with Crippen LogP contribution in [0.5, 0.6) is 0 Å². The van der Waals surface area contributed by atoms with Crippen molar-refractivity contribution in [1.82, 2.24) is 24.8 Å². The van der Waals surface area contributed by atoms with Crippen molar-refractivity contribution in [1.29, 1.82) is 0 Å². The first-order valence-corrected chi connectivity index (χ1v) is 8.87. The number of halogens is 3. The third-order valence-electron chi connectivity index (χ3n) is 4.53. The molecule has 3 heterocycles. The molecule has 10 heteroatoms. The number of hydrogen-bond donors (Lipinski definition) is 3. The number of carbonyl (C=O) groups is 1. The van der Waals surface area contributed by atoms with Gasteiger partial charge in [0.25, 0.3) is 0 Å². The molecule has 7 nitrogen and oxygen atoms in total. The van der Waals surface area contributed by atoms with Crippen LogP contribution in [0.15, 0.2) is 42.6 Å². The van der Waals surface area contributed by atoms with E-state index in [4.69, 9.17) is 5.73 Å². The fourth-order valence-corrected chi connectivity index (χ4v) is 3.31. The number of pyridine rings is 1. The van der Waals surface area contributed by atoms with Crippen LogP contribution in [-0.2, 0) is 17.5 Å². The van der Waals surface area contributed by atoms with Crippen LogP contribution < -0.4 is 11.1 Å². The minimum absolute atomic E-state index is 0.167. The number of fused-ring (bicyclic) bond motifs is 3. The van der Waals surface area contributed by atoms with E-state index < -0.39 is 11.9 Å². The highest BCUT2D eigenvalue weighted by Gasteiger charge is 2.37. The number of amides is 1. The zero-order valence-corrected chi connectivity index (χ0v) is 15.1. The first-order chi connectivity index (χ1) is 13.9. The molecule has 0 saturated heterocycles. The molecule has 0 unspecified atom stereocenters. The smallest absolute Gasteiger partial charge is 0.359 e. The SMILES string of the molecule is NCC(=O)NCCn1c(-c2ccc[nH]2)nc2c(C(F)(F)F)nc3ccccc3c21. The second-order valence-electron chi connectivity index (χ2n) is 6.40. The van der Waals surface area contributed by atoms with Gasteiger partial charge in [0, 0.05) is 24.7 Å². The van der Waals surface area contributed by atoms with Gasteiger partial charge < -0.3 is 20.6 Å². The highest BCUT2D eigenvalue weighted by Crippen LogP contribution is 2.38. The van der Waals surface area contributed by atoms with Crippen molar-refractivity contribution in [2.75, 3.05) is 13.1 Å². The maximum Gasteiger partial charge on any atom is 0.435 e. The molecule has 0 fully saturated rings. The van der Waals surface area contributed by atoms with Gasteiger partial charge in [-0.2, -0.15) is 13.2 Å². The zero-order chi connectivity index (χ0) is 20.6. The molecular formula is C19H17F3N6O. The van der Waals surface area contributed by atoms with Crippen molar-refractivity contribution < 1.29 is 18.0 Å². The van der Waals surface area contributed by atoms with E-state index in [0.717, 1.165) is 0 Å². The number of rotatable bonds is 5. The Hall–Kier alpha value is -3.40. The Bertz CT molecular complexity index is 1180. The summed E-state index contributed by atoms with van der Waals surface area (Å²) in [6.45, 7) is 0.230. The Balaban J connectivity index is 2.00. The van der Waals surface area contributed by atoms with E-state index in [1.54, 1.807) is 41.1 Å². The summed E-state index contributed by atoms with van der Waals surface area (Å²) in [5, 5.41) is 3.19. The number of nitrogens with zero attached hydrogens (tertiary/aromatic N) is 3. The van der Waals surface area contributed by atoms with Crippen LogP contribution in [0.25, 0.3) is 33.5 Å². The molecule has 0 spiro atoms. The molecule has 0 saturated carbocycles. The normalized spacial score (nSPS) is 12.0. The van der Waals surface area contributed by atoms with E-state index >= 15 is 0 Å². The third-order valence-corrected chi connectivity index (χ3v) is 4.53. The van der Waals surface area contributed by atoms with Gasteiger partial charge in [0.1, 0.15) is 5.52 Å². The molecule has 29 heavy (non-hydrogen) atoms. The van der Waals surface area contributed by atoms with E-state index in [2.05, 4.69) is 20.3 Å². The van der Waals surface area contributed by atoms with Crippen LogP contribution >= 0.6 is 0 Å². The zero-order valence-electron chi connectivity index (χ0n) is 15.1. The molecule has 0 aliphatic rings. The summed E-state index contributed by atoms with van der Waals surface area (Å²) in [5.41, 5.74) is 5.13. The van der Waals surface area contributed by atoms with Crippen LogP contribution in [0.1, 0.15) is 5.69 Å². The first-order valence-electron chi connectivity index (χ1n) is 8.87. The second kappa shape index (κ2) is 7.21. The van der Waals surface area contributed by atoms with Gasteiger partial charge in [-0.1, -0.05) is 18.2 Å². The Kier molecular flexibility index (Phi) is 4.71. The Labute approximate surface area is 162 Å². The number of nitrogens with two attached hydrogens (primary N) is 1. The first kappa shape index (κ1) is 18.9. The number of hydrogen-bond acceptors (Lipinski definition) is 4. The van der Waals surface area contributed by atoms with Gasteiger partial charge in [-0.15, -0.1) is 0 Å². The maximum atomic E-state index is 13.7. The number of H-pyrrole nitrogens is 1. The number of imidazole rings is 1. The van der Waals surface area contributed by atoms with E-state index in [-0.39, 0.29) is 36.6 Å². The predicted molar refractivity (Wildman–Crippen MR) is 102 cm³/mol. The fourth-order valence-electron chi connectivity index (χ4n) is 3.31. The highest BCUT2D eigenvalue weighted by atomic mass is 19.4.